The monoisotopic (exact) mass is 398 g/mol. The summed E-state index contributed by atoms with van der Waals surface area (Å²) in [5, 5.41) is 9.83. The van der Waals surface area contributed by atoms with E-state index in [0.717, 1.165) is 11.3 Å². The van der Waals surface area contributed by atoms with Gasteiger partial charge >= 0.3 is 5.97 Å². The lowest BCUT2D eigenvalue weighted by Crippen LogP contribution is -2.17. The number of nitrogens with zero attached hydrogens (tertiary/aromatic N) is 2. The Morgan fingerprint density at radius 3 is 2.65 bits per heavy atom. The first-order valence-corrected chi connectivity index (χ1v) is 9.97. The minimum atomic E-state index is -4.01. The molecule has 1 amide bonds. The van der Waals surface area contributed by atoms with Gasteiger partial charge in [0.05, 0.1) is 12.2 Å². The van der Waals surface area contributed by atoms with Gasteiger partial charge in [-0.05, 0) is 25.1 Å². The molecule has 0 aliphatic rings. The Kier molecular flexibility index (Phi) is 6.27. The first-order valence-electron chi connectivity index (χ1n) is 7.67. The normalized spacial score (nSPS) is 11.2. The van der Waals surface area contributed by atoms with E-state index in [0.29, 0.717) is 0 Å². The fraction of sp³-hybridized carbons (Fsp3) is 0.333. The predicted octanol–water partition coefficient (Wildman–Crippen LogP) is 2.11. The number of carbonyl (C=O) groups is 2. The van der Waals surface area contributed by atoms with Gasteiger partial charge in [-0.15, -0.1) is 10.2 Å². The molecule has 0 radical (unpaired) electrons. The van der Waals surface area contributed by atoms with Gasteiger partial charge in [0.1, 0.15) is 0 Å². The molecule has 2 rings (SSSR count). The van der Waals surface area contributed by atoms with Crippen molar-refractivity contribution in [1.82, 2.24) is 10.2 Å². The fourth-order valence-corrected chi connectivity index (χ4v) is 3.70. The first kappa shape index (κ1) is 19.8. The number of nitrogens with one attached hydrogen (secondary N) is 2. The Morgan fingerprint density at radius 2 is 2.00 bits per heavy atom. The van der Waals surface area contributed by atoms with Gasteiger partial charge in [0, 0.05) is 11.6 Å². The van der Waals surface area contributed by atoms with Crippen LogP contribution in [0.25, 0.3) is 0 Å². The number of benzene rings is 1. The molecule has 2 N–H and O–H groups in total. The number of rotatable bonds is 7. The van der Waals surface area contributed by atoms with Gasteiger partial charge < -0.3 is 10.1 Å². The van der Waals surface area contributed by atoms with Crippen molar-refractivity contribution in [2.45, 2.75) is 25.1 Å². The Hall–Kier alpha value is -2.53. The number of aromatic nitrogens is 2. The zero-order chi connectivity index (χ0) is 19.3. The second kappa shape index (κ2) is 8.23. The molecule has 140 valence electrons. The van der Waals surface area contributed by atoms with Gasteiger partial charge in [0.25, 0.3) is 14.4 Å². The number of hydrogen-bond acceptors (Lipinski definition) is 8. The van der Waals surface area contributed by atoms with Crippen molar-refractivity contribution in [2.75, 3.05) is 16.6 Å². The number of hydrogen-bond donors (Lipinski definition) is 2. The molecule has 1 aromatic carbocycles. The van der Waals surface area contributed by atoms with E-state index in [1.165, 1.54) is 24.3 Å². The van der Waals surface area contributed by atoms with Crippen LogP contribution in [0.15, 0.2) is 28.6 Å². The molecule has 1 aromatic heterocycles. The Bertz CT molecular complexity index is 908. The summed E-state index contributed by atoms with van der Waals surface area (Å²) in [6.07, 6.45) is 0. The molecule has 0 saturated heterocycles. The molecular formula is C15H18N4O5S2. The van der Waals surface area contributed by atoms with E-state index in [4.69, 9.17) is 4.74 Å². The highest BCUT2D eigenvalue weighted by atomic mass is 32.2. The molecule has 26 heavy (non-hydrogen) atoms. The third kappa shape index (κ3) is 4.99. The molecule has 0 spiro atoms. The van der Waals surface area contributed by atoms with E-state index in [1.807, 2.05) is 0 Å². The summed E-state index contributed by atoms with van der Waals surface area (Å²) in [6.45, 7) is 5.29. The van der Waals surface area contributed by atoms with Crippen molar-refractivity contribution in [1.29, 1.82) is 0 Å². The molecule has 0 unspecified atom stereocenters. The third-order valence-electron chi connectivity index (χ3n) is 3.02. The van der Waals surface area contributed by atoms with Crippen LogP contribution in [-0.4, -0.2) is 37.1 Å². The second-order valence-corrected chi connectivity index (χ2v) is 8.26. The molecular weight excluding hydrogens is 380 g/mol. The van der Waals surface area contributed by atoms with Crippen molar-refractivity contribution in [3.8, 4) is 0 Å². The van der Waals surface area contributed by atoms with Crippen LogP contribution in [0.3, 0.4) is 0 Å². The summed E-state index contributed by atoms with van der Waals surface area (Å²) >= 11 is 0.727. The number of ether oxygens (including phenoxy) is 1. The van der Waals surface area contributed by atoms with E-state index in [1.54, 1.807) is 20.8 Å². The van der Waals surface area contributed by atoms with Crippen LogP contribution >= 0.6 is 11.3 Å². The molecule has 2 aromatic rings. The Labute approximate surface area is 154 Å². The average Bonchev–Trinajstić information content (AvgIpc) is 3.04. The second-order valence-electron chi connectivity index (χ2n) is 5.42. The lowest BCUT2D eigenvalue weighted by atomic mass is 10.2. The molecule has 0 aliphatic heterocycles. The van der Waals surface area contributed by atoms with Crippen LogP contribution < -0.4 is 10.0 Å². The van der Waals surface area contributed by atoms with E-state index < -0.39 is 16.0 Å². The summed E-state index contributed by atoms with van der Waals surface area (Å²) in [5.41, 5.74) is 0.396. The largest absolute Gasteiger partial charge is 0.462 e. The zero-order valence-electron chi connectivity index (χ0n) is 14.3. The van der Waals surface area contributed by atoms with Crippen molar-refractivity contribution in [2.24, 2.45) is 5.92 Å². The molecule has 9 nitrogen and oxygen atoms in total. The summed E-state index contributed by atoms with van der Waals surface area (Å²) in [4.78, 5) is 23.4. The lowest BCUT2D eigenvalue weighted by Gasteiger charge is -2.07. The first-order chi connectivity index (χ1) is 12.2. The van der Waals surface area contributed by atoms with Crippen LogP contribution in [-0.2, 0) is 19.6 Å². The maximum absolute atomic E-state index is 12.4. The van der Waals surface area contributed by atoms with Gasteiger partial charge in [-0.1, -0.05) is 31.3 Å². The highest BCUT2D eigenvalue weighted by Crippen LogP contribution is 2.23. The van der Waals surface area contributed by atoms with Crippen molar-refractivity contribution < 1.29 is 22.7 Å². The van der Waals surface area contributed by atoms with Crippen molar-refractivity contribution in [3.05, 3.63) is 29.8 Å². The van der Waals surface area contributed by atoms with Crippen LogP contribution in [0.1, 0.15) is 31.1 Å². The van der Waals surface area contributed by atoms with Crippen molar-refractivity contribution in [3.63, 3.8) is 0 Å². The molecule has 11 heteroatoms. The highest BCUT2D eigenvalue weighted by Gasteiger charge is 2.22. The standard InChI is InChI=1S/C15H18N4O5S2/c1-4-24-13(21)10-6-5-7-11(8-10)19-26(22,23)15-18-17-14(25-15)16-12(20)9(2)3/h5-9,19H,4H2,1-3H3,(H,16,17,20). The number of carbonyl (C=O) groups excluding carboxylic acids is 2. The van der Waals surface area contributed by atoms with E-state index in [-0.39, 0.29) is 39.2 Å². The number of anilines is 2. The van der Waals surface area contributed by atoms with Crippen LogP contribution in [0.2, 0.25) is 0 Å². The van der Waals surface area contributed by atoms with Gasteiger partial charge in [-0.25, -0.2) is 4.79 Å². The van der Waals surface area contributed by atoms with Crippen molar-refractivity contribution >= 4 is 44.1 Å². The lowest BCUT2D eigenvalue weighted by molar-refractivity contribution is -0.118. The zero-order valence-corrected chi connectivity index (χ0v) is 16.0. The fourth-order valence-electron chi connectivity index (χ4n) is 1.74. The van der Waals surface area contributed by atoms with Crippen LogP contribution in [0.4, 0.5) is 10.8 Å². The Morgan fingerprint density at radius 1 is 1.27 bits per heavy atom. The van der Waals surface area contributed by atoms with Crippen LogP contribution in [0, 0.1) is 5.92 Å². The maximum atomic E-state index is 12.4. The summed E-state index contributed by atoms with van der Waals surface area (Å²) in [7, 11) is -4.01. The van der Waals surface area contributed by atoms with Gasteiger partial charge in [0.2, 0.25) is 11.0 Å². The SMILES string of the molecule is CCOC(=O)c1cccc(NS(=O)(=O)c2nnc(NC(=O)C(C)C)s2)c1. The Balaban J connectivity index is 2.16. The van der Waals surface area contributed by atoms with Gasteiger partial charge in [-0.2, -0.15) is 8.42 Å². The molecule has 0 bridgehead atoms. The highest BCUT2D eigenvalue weighted by molar-refractivity contribution is 7.94. The topological polar surface area (TPSA) is 127 Å². The van der Waals surface area contributed by atoms with E-state index >= 15 is 0 Å². The van der Waals surface area contributed by atoms with E-state index in [9.17, 15) is 18.0 Å². The number of esters is 1. The van der Waals surface area contributed by atoms with Gasteiger partial charge in [-0.3, -0.25) is 9.52 Å². The average molecular weight is 398 g/mol. The third-order valence-corrected chi connectivity index (χ3v) is 5.60. The van der Waals surface area contributed by atoms with Gasteiger partial charge in [0.15, 0.2) is 0 Å². The number of amides is 1. The minimum Gasteiger partial charge on any atom is -0.462 e. The summed E-state index contributed by atoms with van der Waals surface area (Å²) < 4.78 is 31.7. The number of sulfonamides is 1. The maximum Gasteiger partial charge on any atom is 0.338 e. The summed E-state index contributed by atoms with van der Waals surface area (Å²) in [6, 6.07) is 5.89. The molecule has 1 heterocycles. The molecule has 0 saturated carbocycles. The van der Waals surface area contributed by atoms with E-state index in [2.05, 4.69) is 20.2 Å². The molecule has 0 fully saturated rings. The molecule has 0 atom stereocenters. The quantitative estimate of drug-likeness (QED) is 0.540. The predicted molar refractivity (Wildman–Crippen MR) is 96.6 cm³/mol. The smallest absolute Gasteiger partial charge is 0.338 e. The van der Waals surface area contributed by atoms with Crippen LogP contribution in [0.5, 0.6) is 0 Å². The molecule has 0 aliphatic carbocycles. The summed E-state index contributed by atoms with van der Waals surface area (Å²) in [5.74, 6) is -1.12. The minimum absolute atomic E-state index is 0.0874.